The van der Waals surface area contributed by atoms with Gasteiger partial charge < -0.3 is 5.32 Å². The minimum Gasteiger partial charge on any atom is -0.380 e. The Morgan fingerprint density at radius 1 is 1.19 bits per heavy atom. The molecule has 1 heterocycles. The Morgan fingerprint density at radius 3 is 2.81 bits per heavy atom. The van der Waals surface area contributed by atoms with E-state index in [1.165, 1.54) is 47.4 Å². The summed E-state index contributed by atoms with van der Waals surface area (Å²) in [5.74, 6) is 0. The van der Waals surface area contributed by atoms with Crippen LogP contribution in [-0.2, 0) is 6.54 Å². The molecule has 0 radical (unpaired) electrons. The van der Waals surface area contributed by atoms with Crippen molar-refractivity contribution in [1.29, 1.82) is 0 Å². The summed E-state index contributed by atoms with van der Waals surface area (Å²) in [6.07, 6.45) is 9.31. The Hall–Kier alpha value is -1.48. The lowest BCUT2D eigenvalue weighted by molar-refractivity contribution is 0.886. The summed E-state index contributed by atoms with van der Waals surface area (Å²) in [4.78, 5) is 5.60. The monoisotopic (exact) mass is 298 g/mol. The molecule has 0 aliphatic heterocycles. The van der Waals surface area contributed by atoms with E-state index in [4.69, 9.17) is 0 Å². The molecule has 0 spiro atoms. The molecule has 3 rings (SSSR count). The molecule has 1 aliphatic rings. The van der Waals surface area contributed by atoms with Crippen molar-refractivity contribution in [3.63, 3.8) is 0 Å². The van der Waals surface area contributed by atoms with Gasteiger partial charge in [-0.05, 0) is 49.1 Å². The van der Waals surface area contributed by atoms with Gasteiger partial charge in [0.05, 0.1) is 0 Å². The maximum Gasteiger partial charge on any atom is 0.0481 e. The number of pyridine rings is 1. The quantitative estimate of drug-likeness (QED) is 0.837. The second kappa shape index (κ2) is 6.99. The number of thioether (sulfide) groups is 1. The number of para-hydroxylation sites is 1. The van der Waals surface area contributed by atoms with E-state index in [-0.39, 0.29) is 0 Å². The SMILES string of the molecule is Cc1ccncc1CNc1ccccc1SC1CCCC1. The lowest BCUT2D eigenvalue weighted by Gasteiger charge is -2.15. The first-order valence-electron chi connectivity index (χ1n) is 7.72. The van der Waals surface area contributed by atoms with Gasteiger partial charge in [0.25, 0.3) is 0 Å². The number of hydrogen-bond acceptors (Lipinski definition) is 3. The molecule has 0 amide bonds. The maximum atomic E-state index is 4.22. The molecule has 0 bridgehead atoms. The van der Waals surface area contributed by atoms with Crippen molar-refractivity contribution in [3.8, 4) is 0 Å². The van der Waals surface area contributed by atoms with Gasteiger partial charge >= 0.3 is 0 Å². The molecule has 2 aromatic rings. The summed E-state index contributed by atoms with van der Waals surface area (Å²) < 4.78 is 0. The number of hydrogen-bond donors (Lipinski definition) is 1. The average Bonchev–Trinajstić information content (AvgIpc) is 3.01. The minimum atomic E-state index is 0.799. The molecule has 21 heavy (non-hydrogen) atoms. The standard InChI is InChI=1S/C18H22N2S/c1-14-10-11-19-12-15(14)13-20-17-8-4-5-9-18(17)21-16-6-2-3-7-16/h4-5,8-12,16,20H,2-3,6-7,13H2,1H3. The summed E-state index contributed by atoms with van der Waals surface area (Å²) in [6.45, 7) is 2.97. The zero-order chi connectivity index (χ0) is 14.5. The summed E-state index contributed by atoms with van der Waals surface area (Å²) in [5.41, 5.74) is 3.80. The van der Waals surface area contributed by atoms with E-state index >= 15 is 0 Å². The van der Waals surface area contributed by atoms with E-state index in [0.717, 1.165) is 11.8 Å². The van der Waals surface area contributed by atoms with Crippen LogP contribution in [0.3, 0.4) is 0 Å². The van der Waals surface area contributed by atoms with Gasteiger partial charge in [0.1, 0.15) is 0 Å². The molecule has 1 N–H and O–H groups in total. The van der Waals surface area contributed by atoms with Crippen LogP contribution >= 0.6 is 11.8 Å². The van der Waals surface area contributed by atoms with Crippen molar-refractivity contribution in [2.24, 2.45) is 0 Å². The van der Waals surface area contributed by atoms with Crippen LogP contribution in [0.15, 0.2) is 47.6 Å². The third-order valence-corrected chi connectivity index (χ3v) is 5.51. The lowest BCUT2D eigenvalue weighted by atomic mass is 10.1. The summed E-state index contributed by atoms with van der Waals surface area (Å²) in [5, 5.41) is 4.38. The molecular formula is C18H22N2S. The molecule has 1 saturated carbocycles. The van der Waals surface area contributed by atoms with Crippen molar-refractivity contribution < 1.29 is 0 Å². The van der Waals surface area contributed by atoms with Crippen LogP contribution in [0.5, 0.6) is 0 Å². The molecule has 1 aromatic heterocycles. The minimum absolute atomic E-state index is 0.799. The largest absolute Gasteiger partial charge is 0.380 e. The zero-order valence-electron chi connectivity index (χ0n) is 12.5. The van der Waals surface area contributed by atoms with Crippen LogP contribution in [0.25, 0.3) is 0 Å². The highest BCUT2D eigenvalue weighted by atomic mass is 32.2. The first kappa shape index (κ1) is 14.5. The lowest BCUT2D eigenvalue weighted by Crippen LogP contribution is -2.03. The Balaban J connectivity index is 1.68. The predicted octanol–water partition coefficient (Wildman–Crippen LogP) is 5.04. The van der Waals surface area contributed by atoms with E-state index in [1.807, 2.05) is 24.2 Å². The summed E-state index contributed by atoms with van der Waals surface area (Å²) >= 11 is 2.04. The van der Waals surface area contributed by atoms with Crippen LogP contribution in [0.1, 0.15) is 36.8 Å². The number of rotatable bonds is 5. The number of benzene rings is 1. The summed E-state index contributed by atoms with van der Waals surface area (Å²) in [7, 11) is 0. The van der Waals surface area contributed by atoms with Crippen LogP contribution in [0.2, 0.25) is 0 Å². The normalized spacial score (nSPS) is 15.3. The Kier molecular flexibility index (Phi) is 4.81. The molecule has 110 valence electrons. The highest BCUT2D eigenvalue weighted by Gasteiger charge is 2.17. The van der Waals surface area contributed by atoms with Gasteiger partial charge in [-0.1, -0.05) is 25.0 Å². The molecule has 0 unspecified atom stereocenters. The van der Waals surface area contributed by atoms with Gasteiger partial charge in [0, 0.05) is 34.8 Å². The number of aryl methyl sites for hydroxylation is 1. The third-order valence-electron chi connectivity index (χ3n) is 4.10. The smallest absolute Gasteiger partial charge is 0.0481 e. The topological polar surface area (TPSA) is 24.9 Å². The predicted molar refractivity (Wildman–Crippen MR) is 90.9 cm³/mol. The van der Waals surface area contributed by atoms with E-state index in [1.54, 1.807) is 0 Å². The van der Waals surface area contributed by atoms with Crippen molar-refractivity contribution in [1.82, 2.24) is 4.98 Å². The second-order valence-electron chi connectivity index (χ2n) is 5.68. The fraction of sp³-hybridized carbons (Fsp3) is 0.389. The van der Waals surface area contributed by atoms with Crippen molar-refractivity contribution >= 4 is 17.4 Å². The first-order valence-corrected chi connectivity index (χ1v) is 8.60. The third kappa shape index (κ3) is 3.79. The first-order chi connectivity index (χ1) is 10.3. The fourth-order valence-electron chi connectivity index (χ4n) is 2.77. The second-order valence-corrected chi connectivity index (χ2v) is 7.02. The number of nitrogens with zero attached hydrogens (tertiary/aromatic N) is 1. The Bertz CT molecular complexity index is 591. The summed E-state index contributed by atoms with van der Waals surface area (Å²) in [6, 6.07) is 10.7. The van der Waals surface area contributed by atoms with Gasteiger partial charge in [-0.2, -0.15) is 0 Å². The molecular weight excluding hydrogens is 276 g/mol. The van der Waals surface area contributed by atoms with Crippen LogP contribution < -0.4 is 5.32 Å². The highest BCUT2D eigenvalue weighted by molar-refractivity contribution is 8.00. The molecule has 1 aromatic carbocycles. The maximum absolute atomic E-state index is 4.22. The number of aromatic nitrogens is 1. The van der Waals surface area contributed by atoms with E-state index < -0.39 is 0 Å². The highest BCUT2D eigenvalue weighted by Crippen LogP contribution is 2.38. The molecule has 1 aliphatic carbocycles. The van der Waals surface area contributed by atoms with E-state index in [9.17, 15) is 0 Å². The molecule has 0 saturated heterocycles. The van der Waals surface area contributed by atoms with Gasteiger partial charge in [0.15, 0.2) is 0 Å². The van der Waals surface area contributed by atoms with E-state index in [0.29, 0.717) is 0 Å². The van der Waals surface area contributed by atoms with E-state index in [2.05, 4.69) is 47.6 Å². The average molecular weight is 298 g/mol. The number of anilines is 1. The molecule has 1 fully saturated rings. The van der Waals surface area contributed by atoms with Gasteiger partial charge in [-0.3, -0.25) is 4.98 Å². The zero-order valence-corrected chi connectivity index (χ0v) is 13.3. The Morgan fingerprint density at radius 2 is 2.00 bits per heavy atom. The molecule has 0 atom stereocenters. The molecule has 2 nitrogen and oxygen atoms in total. The van der Waals surface area contributed by atoms with Gasteiger partial charge in [0.2, 0.25) is 0 Å². The van der Waals surface area contributed by atoms with Crippen LogP contribution in [-0.4, -0.2) is 10.2 Å². The van der Waals surface area contributed by atoms with Crippen molar-refractivity contribution in [2.75, 3.05) is 5.32 Å². The number of nitrogens with one attached hydrogen (secondary N) is 1. The Labute approximate surface area is 131 Å². The molecule has 3 heteroatoms. The fourth-order valence-corrected chi connectivity index (χ4v) is 4.13. The van der Waals surface area contributed by atoms with Crippen LogP contribution in [0.4, 0.5) is 5.69 Å². The van der Waals surface area contributed by atoms with Crippen LogP contribution in [0, 0.1) is 6.92 Å². The van der Waals surface area contributed by atoms with Gasteiger partial charge in [-0.25, -0.2) is 0 Å². The van der Waals surface area contributed by atoms with Crippen molar-refractivity contribution in [3.05, 3.63) is 53.9 Å². The van der Waals surface area contributed by atoms with Gasteiger partial charge in [-0.15, -0.1) is 11.8 Å². The van der Waals surface area contributed by atoms with Crippen molar-refractivity contribution in [2.45, 2.75) is 49.3 Å².